The van der Waals surface area contributed by atoms with Gasteiger partial charge in [-0.1, -0.05) is 120 Å². The summed E-state index contributed by atoms with van der Waals surface area (Å²) in [5.74, 6) is 0.880. The zero-order valence-electron chi connectivity index (χ0n) is 23.9. The van der Waals surface area contributed by atoms with Crippen LogP contribution in [-0.2, 0) is 19.5 Å². The van der Waals surface area contributed by atoms with Crippen molar-refractivity contribution in [3.63, 3.8) is 0 Å². The van der Waals surface area contributed by atoms with Crippen molar-refractivity contribution in [3.05, 3.63) is 114 Å². The Morgan fingerprint density at radius 2 is 1.24 bits per heavy atom. The van der Waals surface area contributed by atoms with Crippen LogP contribution in [0.2, 0.25) is 0 Å². The average Bonchev–Trinajstić information content (AvgIpc) is 2.88. The smallest absolute Gasteiger partial charge is 0.688 e. The topological polar surface area (TPSA) is 26.5 Å². The van der Waals surface area contributed by atoms with Crippen LogP contribution in [0.1, 0.15) is 71.4 Å². The van der Waals surface area contributed by atoms with E-state index >= 15 is 0 Å². The van der Waals surface area contributed by atoms with Gasteiger partial charge in [0.15, 0.2) is 0 Å². The molecule has 2 nitrogen and oxygen atoms in total. The zero-order chi connectivity index (χ0) is 26.5. The Kier molecular flexibility index (Phi) is 15.5. The van der Waals surface area contributed by atoms with Gasteiger partial charge in [-0.25, -0.2) is 0 Å². The quantitative estimate of drug-likeness (QED) is 0.102. The van der Waals surface area contributed by atoms with Crippen molar-refractivity contribution >= 4 is 29.9 Å². The zero-order valence-corrected chi connectivity index (χ0v) is 27.8. The molecule has 0 bridgehead atoms. The SMILES string of the molecule is CC(/C=C(/C)[N-]CCP(c1ccccc1)c1ccccc1)=Nc1c(C(C)C)cccc1C(C)C.[CH2-]C.[Zn+2]. The van der Waals surface area contributed by atoms with Crippen LogP contribution >= 0.6 is 7.92 Å². The third-order valence-corrected chi connectivity index (χ3v) is 8.36. The van der Waals surface area contributed by atoms with E-state index in [0.717, 1.165) is 29.8 Å². The van der Waals surface area contributed by atoms with Crippen LogP contribution in [-0.4, -0.2) is 18.4 Å². The molecular formula is C33H43N2PZn. The van der Waals surface area contributed by atoms with Crippen molar-refractivity contribution in [2.75, 3.05) is 12.7 Å². The minimum absolute atomic E-state index is 0. The molecule has 4 heteroatoms. The van der Waals surface area contributed by atoms with Gasteiger partial charge in [0.2, 0.25) is 0 Å². The predicted molar refractivity (Wildman–Crippen MR) is 164 cm³/mol. The van der Waals surface area contributed by atoms with Gasteiger partial charge in [-0.2, -0.15) is 12.6 Å². The normalized spacial score (nSPS) is 11.8. The maximum absolute atomic E-state index is 5.06. The van der Waals surface area contributed by atoms with E-state index in [1.54, 1.807) is 6.92 Å². The molecule has 0 aliphatic rings. The molecule has 0 aromatic heterocycles. The summed E-state index contributed by atoms with van der Waals surface area (Å²) in [5, 5.41) is 7.72. The Bertz CT molecular complexity index is 1040. The van der Waals surface area contributed by atoms with E-state index in [9.17, 15) is 0 Å². The molecule has 0 saturated carbocycles. The van der Waals surface area contributed by atoms with Gasteiger partial charge < -0.3 is 12.2 Å². The van der Waals surface area contributed by atoms with Crippen molar-refractivity contribution in [1.82, 2.24) is 0 Å². The van der Waals surface area contributed by atoms with Crippen LogP contribution in [0.15, 0.2) is 95.6 Å². The second-order valence-corrected chi connectivity index (χ2v) is 11.7. The van der Waals surface area contributed by atoms with Gasteiger partial charge in [0, 0.05) is 5.71 Å². The molecule has 0 N–H and O–H groups in total. The summed E-state index contributed by atoms with van der Waals surface area (Å²) in [7, 11) is -0.416. The summed E-state index contributed by atoms with van der Waals surface area (Å²) in [5.41, 5.74) is 5.79. The van der Waals surface area contributed by atoms with Gasteiger partial charge >= 0.3 is 19.5 Å². The number of aliphatic imine (C=N–C) groups is 1. The van der Waals surface area contributed by atoms with E-state index < -0.39 is 7.92 Å². The molecule has 0 atom stereocenters. The van der Waals surface area contributed by atoms with Crippen molar-refractivity contribution in [2.24, 2.45) is 4.99 Å². The van der Waals surface area contributed by atoms with E-state index in [2.05, 4.69) is 133 Å². The first-order valence-corrected chi connectivity index (χ1v) is 14.5. The number of allylic oxidation sites excluding steroid dienone is 2. The van der Waals surface area contributed by atoms with Gasteiger partial charge in [-0.3, -0.25) is 4.99 Å². The standard InChI is InChI=1S/C31H38N2P.C2H5.Zn/c1-23(2)29-18-13-19-30(24(3)4)31(29)33-26(6)22-25(5)32-20-21-34(27-14-9-7-10-15-27)28-16-11-8-12-17-28;1-2;/h7-19,22-24H,20-21H2,1-6H3;1H2,2H3;/q2*-1;+2/b25-22-,33-26?;;. The average molecular weight is 564 g/mol. The van der Waals surface area contributed by atoms with Crippen molar-refractivity contribution < 1.29 is 19.5 Å². The molecule has 37 heavy (non-hydrogen) atoms. The van der Waals surface area contributed by atoms with Crippen LogP contribution in [0.4, 0.5) is 5.69 Å². The van der Waals surface area contributed by atoms with Crippen LogP contribution < -0.4 is 10.6 Å². The Morgan fingerprint density at radius 1 is 0.784 bits per heavy atom. The molecule has 3 aromatic rings. The van der Waals surface area contributed by atoms with Gasteiger partial charge in [0.1, 0.15) is 0 Å². The Morgan fingerprint density at radius 3 is 1.68 bits per heavy atom. The van der Waals surface area contributed by atoms with Crippen LogP contribution in [0.5, 0.6) is 0 Å². The molecule has 0 heterocycles. The van der Waals surface area contributed by atoms with Gasteiger partial charge in [0.25, 0.3) is 0 Å². The van der Waals surface area contributed by atoms with Gasteiger partial charge in [-0.15, -0.1) is 6.54 Å². The summed E-state index contributed by atoms with van der Waals surface area (Å²) in [6.45, 7) is 18.9. The summed E-state index contributed by atoms with van der Waals surface area (Å²) in [4.78, 5) is 5.06. The van der Waals surface area contributed by atoms with Gasteiger partial charge in [0.05, 0.1) is 5.69 Å². The third-order valence-electron chi connectivity index (χ3n) is 5.87. The fourth-order valence-corrected chi connectivity index (χ4v) is 6.33. The van der Waals surface area contributed by atoms with Crippen molar-refractivity contribution in [1.29, 1.82) is 0 Å². The van der Waals surface area contributed by atoms with Crippen LogP contribution in [0.25, 0.3) is 5.32 Å². The second kappa shape index (κ2) is 17.4. The third kappa shape index (κ3) is 10.3. The number of rotatable bonds is 10. The number of nitrogens with zero attached hydrogens (tertiary/aromatic N) is 2. The predicted octanol–water partition coefficient (Wildman–Crippen LogP) is 9.27. The first kappa shape index (κ1) is 33.0. The van der Waals surface area contributed by atoms with Gasteiger partial charge in [-0.05, 0) is 54.6 Å². The number of para-hydroxylation sites is 1. The molecule has 0 saturated heterocycles. The summed E-state index contributed by atoms with van der Waals surface area (Å²) in [6, 6.07) is 28.3. The van der Waals surface area contributed by atoms with E-state index in [1.807, 2.05) is 0 Å². The van der Waals surface area contributed by atoms with E-state index in [1.165, 1.54) is 21.7 Å². The molecule has 0 fully saturated rings. The molecule has 3 rings (SSSR count). The van der Waals surface area contributed by atoms with Crippen molar-refractivity contribution in [2.45, 2.75) is 60.3 Å². The maximum atomic E-state index is 5.06. The Balaban J connectivity index is 0.00000223. The molecular weight excluding hydrogens is 521 g/mol. The first-order chi connectivity index (χ1) is 17.4. The molecule has 192 valence electrons. The minimum Gasteiger partial charge on any atom is -0.688 e. The van der Waals surface area contributed by atoms with Crippen LogP contribution in [0, 0.1) is 6.92 Å². The molecule has 0 aliphatic heterocycles. The monoisotopic (exact) mass is 562 g/mol. The number of benzene rings is 3. The van der Waals surface area contributed by atoms with E-state index in [-0.39, 0.29) is 19.5 Å². The molecule has 3 aromatic carbocycles. The summed E-state index contributed by atoms with van der Waals surface area (Å²) in [6.07, 6.45) is 3.16. The Labute approximate surface area is 240 Å². The number of hydrogen-bond donors (Lipinski definition) is 0. The summed E-state index contributed by atoms with van der Waals surface area (Å²) < 4.78 is 0. The van der Waals surface area contributed by atoms with Crippen molar-refractivity contribution in [3.8, 4) is 0 Å². The molecule has 0 unspecified atom stereocenters. The van der Waals surface area contributed by atoms with Crippen LogP contribution in [0.3, 0.4) is 0 Å². The molecule has 0 spiro atoms. The second-order valence-electron chi connectivity index (χ2n) is 9.34. The molecule has 0 radical (unpaired) electrons. The molecule has 0 aliphatic carbocycles. The first-order valence-electron chi connectivity index (χ1n) is 13.0. The number of hydrogen-bond acceptors (Lipinski definition) is 1. The fraction of sp³-hybridized carbons (Fsp3) is 0.333. The summed E-state index contributed by atoms with van der Waals surface area (Å²) >= 11 is 0. The van der Waals surface area contributed by atoms with E-state index in [0.29, 0.717) is 11.8 Å². The van der Waals surface area contributed by atoms with E-state index in [4.69, 9.17) is 10.3 Å². The maximum Gasteiger partial charge on any atom is 2.00 e. The minimum atomic E-state index is -0.416. The largest absolute Gasteiger partial charge is 2.00 e. The fourth-order valence-electron chi connectivity index (χ4n) is 4.15. The Hall–Kier alpha value is -2.08. The molecule has 0 amide bonds.